The van der Waals surface area contributed by atoms with Gasteiger partial charge in [-0.15, -0.1) is 0 Å². The zero-order valence-electron chi connectivity index (χ0n) is 71.5. The molecule has 17 N–H and O–H groups in total. The van der Waals surface area contributed by atoms with Crippen molar-refractivity contribution in [3.63, 3.8) is 0 Å². The second-order valence-corrected chi connectivity index (χ2v) is 40.2. The lowest BCUT2D eigenvalue weighted by Crippen LogP contribution is -2.43. The Kier molecular flexibility index (Phi) is 34.0. The quantitative estimate of drug-likeness (QED) is 0.0133. The predicted molar refractivity (Wildman–Crippen MR) is 445 cm³/mol. The molecule has 0 bridgehead atoms. The van der Waals surface area contributed by atoms with Gasteiger partial charge in [-0.2, -0.15) is 0 Å². The third kappa shape index (κ3) is 26.8. The van der Waals surface area contributed by atoms with Crippen LogP contribution in [0, 0.1) is 41.5 Å². The highest BCUT2D eigenvalue weighted by Crippen LogP contribution is 2.57. The van der Waals surface area contributed by atoms with Crippen molar-refractivity contribution >= 4 is 52.8 Å². The third-order valence-electron chi connectivity index (χ3n) is 21.8. The molecule has 59 nitrogen and oxygen atoms in total. The summed E-state index contributed by atoms with van der Waals surface area (Å²) in [6.45, 7) is 0.388. The molecule has 0 aliphatic carbocycles. The Morgan fingerprint density at radius 3 is 0.769 bits per heavy atom. The first-order valence-electron chi connectivity index (χ1n) is 40.9. The van der Waals surface area contributed by atoms with Crippen LogP contribution in [0.3, 0.4) is 0 Å². The van der Waals surface area contributed by atoms with Gasteiger partial charge in [-0.3, -0.25) is 145 Å². The van der Waals surface area contributed by atoms with E-state index in [1.54, 1.807) is 0 Å². The summed E-state index contributed by atoms with van der Waals surface area (Å²) in [5, 5.41) is 21.8. The number of nitrogens with two attached hydrogens (primary N) is 1. The molecule has 12 heterocycles. The van der Waals surface area contributed by atoms with Crippen LogP contribution >= 0.6 is 46.9 Å². The number of aliphatic hydroxyl groups excluding tert-OH is 2. The van der Waals surface area contributed by atoms with Crippen LogP contribution in [-0.4, -0.2) is 241 Å². The number of carbonyl (C=O) groups excluding carboxylic acids is 1. The number of aliphatic hydroxyl groups is 2. The van der Waals surface area contributed by atoms with E-state index < -0.39 is 322 Å². The summed E-state index contributed by atoms with van der Waals surface area (Å²) in [6.07, 6.45) is -26.0. The SMILES string of the molecule is Cc1cn([C@H]2C[C@H](OP(=O)(O)OC[C@H]3O[C@@H](n4cc(C)c(=O)[nH]c4=O)C[C@@H]3OP(=O)(O)OC[C@H]3O[C@@H](n4cc(C)c(=O)[nH]c4=O)C[C@@H]3OP(=O)(O)OC[C@H]3O[C@@H](n4cc(C)c(=O)[nH]c4=O)C[C@@H]3OP(=O)(O)OC[C@H]3O[C@@H](n4cc(C)c(=O)[nH]c4=O)C[C@@H]3OP(=O)(O)OC[C@H]3O[C@@H](n4cc(C)c(=O)[nH]c4=O)C[C@@H]3OP(=O)(O)OCCCCCCNC(=O)[C@@H](N)CO)[C@@H](CO)O2)c(=O)[nH]c1=O. The largest absolute Gasteiger partial charge is 0.472 e. The second kappa shape index (κ2) is 43.5. The minimum Gasteiger partial charge on any atom is -0.394 e. The average Bonchev–Trinajstić information content (AvgIpc) is 1.66. The Bertz CT molecular complexity index is 6380. The maximum absolute atomic E-state index is 14.5. The van der Waals surface area contributed by atoms with E-state index in [1.807, 2.05) is 19.9 Å². The maximum atomic E-state index is 14.5. The van der Waals surface area contributed by atoms with Gasteiger partial charge in [0.2, 0.25) is 5.91 Å². The lowest BCUT2D eigenvalue weighted by atomic mass is 10.2. The van der Waals surface area contributed by atoms with Gasteiger partial charge in [0.15, 0.2) is 0 Å². The first-order chi connectivity index (χ1) is 62.8. The number of phosphoric acid groups is 6. The fraction of sp³-hybridized carbons (Fsp3) is 0.638. The van der Waals surface area contributed by atoms with Gasteiger partial charge >= 0.3 is 81.1 Å². The van der Waals surface area contributed by atoms with Crippen LogP contribution in [0.5, 0.6) is 0 Å². The van der Waals surface area contributed by atoms with E-state index in [2.05, 4.69) is 15.3 Å². The molecule has 6 aromatic heterocycles. The summed E-state index contributed by atoms with van der Waals surface area (Å²) in [5.41, 5.74) is -6.10. The minimum absolute atomic E-state index is 0.000319. The topological polar surface area (TPSA) is 815 Å². The van der Waals surface area contributed by atoms with Crippen molar-refractivity contribution in [1.82, 2.24) is 62.6 Å². The lowest BCUT2D eigenvalue weighted by Gasteiger charge is -2.26. The molecule has 0 spiro atoms. The molecule has 6 aliphatic heterocycles. The molecule has 6 fully saturated rings. The molecule has 25 atom stereocenters. The molecule has 65 heteroatoms. The monoisotopic (exact) mass is 2030 g/mol. The highest BCUT2D eigenvalue weighted by molar-refractivity contribution is 7.48. The predicted octanol–water partition coefficient (Wildman–Crippen LogP) is -3.14. The van der Waals surface area contributed by atoms with Crippen molar-refractivity contribution in [2.45, 2.75) is 222 Å². The van der Waals surface area contributed by atoms with E-state index in [4.69, 9.17) is 93.5 Å². The van der Waals surface area contributed by atoms with Gasteiger partial charge in [0.25, 0.3) is 33.4 Å². The lowest BCUT2D eigenvalue weighted by molar-refractivity contribution is -0.123. The number of aromatic amines is 6. The van der Waals surface area contributed by atoms with Gasteiger partial charge in [-0.05, 0) is 54.4 Å². The van der Waals surface area contributed by atoms with Gasteiger partial charge in [0.1, 0.15) is 117 Å². The fourth-order valence-electron chi connectivity index (χ4n) is 14.8. The Hall–Kier alpha value is -8.15. The van der Waals surface area contributed by atoms with E-state index in [0.717, 1.165) is 64.6 Å². The van der Waals surface area contributed by atoms with Crippen molar-refractivity contribution < 1.29 is 154 Å². The second-order valence-electron chi connectivity index (χ2n) is 31.7. The highest BCUT2D eigenvalue weighted by Gasteiger charge is 2.52. The minimum atomic E-state index is -5.77. The Morgan fingerprint density at radius 1 is 0.351 bits per heavy atom. The molecule has 12 rings (SSSR count). The molecular formula is C69H98N14O45P6. The molecule has 1 amide bonds. The summed E-state index contributed by atoms with van der Waals surface area (Å²) in [6, 6.07) is -1.12. The number of aromatic nitrogens is 12. The standard InChI is InChI=1S/C69H98N14O45P6/c1-32-19-78(64(93)72-57(32)86)51-13-39(45(26-85)117-51)123-130(101,102)112-28-47-41(15-53(119-47)80-21-34(3)59(88)74-66(80)95)125-132(105,106)114-30-49-43(17-55(121-49)82-23-36(5)61(90)76-68(82)97)127-134(109,110)116-31-50-44(18-56(122-50)83-24-37(6)62(91)77-69(83)98)128-133(107,108)115-29-48-42(16-54(120-48)81-22-35(4)60(89)75-67(81)96)126-131(103,104)113-27-46-40(14-52(118-46)79-20-33(2)58(87)73-65(79)94)124-129(99,100)111-12-10-8-7-9-11-71-63(92)38(70)25-84/h19-24,38-56,84-85H,7-18,25-31,70H2,1-6H3,(H,71,92)(H,99,100)(H,101,102)(H,103,104)(H,105,106)(H,107,108)(H,109,110)(H,72,86,93)(H,73,87,94)(H,74,88,95)(H,75,89,96)(H,76,90,97)(H,77,91,98)/t38-,39-,40-,41-,42-,43-,44-,45+,46+,47+,48+,49+,50+,51+,52+,53+,54+,55+,56+/m0/s1. The smallest absolute Gasteiger partial charge is 0.394 e. The number of hydrogen-bond acceptors (Lipinski definition) is 40. The molecule has 6 aliphatic rings. The van der Waals surface area contributed by atoms with Crippen LogP contribution in [0.1, 0.15) is 135 Å². The molecule has 0 aromatic carbocycles. The number of unbranched alkanes of at least 4 members (excludes halogenated alkanes) is 3. The molecule has 744 valence electrons. The number of nitrogens with zero attached hydrogens (tertiary/aromatic N) is 6. The first-order valence-corrected chi connectivity index (χ1v) is 49.9. The molecule has 6 saturated heterocycles. The average molecular weight is 2030 g/mol. The number of phosphoric ester groups is 6. The van der Waals surface area contributed by atoms with E-state index in [1.165, 1.54) is 41.5 Å². The summed E-state index contributed by atoms with van der Waals surface area (Å²) >= 11 is 0. The third-order valence-corrected chi connectivity index (χ3v) is 27.9. The molecule has 6 unspecified atom stereocenters. The molecule has 0 saturated carbocycles. The van der Waals surface area contributed by atoms with Crippen molar-refractivity contribution in [3.05, 3.63) is 196 Å². The van der Waals surface area contributed by atoms with Crippen molar-refractivity contribution in [2.75, 3.05) is 59.4 Å². The van der Waals surface area contributed by atoms with Gasteiger partial charge in [0, 0.05) is 116 Å². The summed E-state index contributed by atoms with van der Waals surface area (Å²) in [5.74, 6) is -0.573. The van der Waals surface area contributed by atoms with E-state index in [-0.39, 0.29) is 53.0 Å². The zero-order valence-corrected chi connectivity index (χ0v) is 76.9. The van der Waals surface area contributed by atoms with E-state index in [0.29, 0.717) is 19.3 Å². The van der Waals surface area contributed by atoms with Crippen LogP contribution in [0.4, 0.5) is 0 Å². The molecule has 134 heavy (non-hydrogen) atoms. The number of ether oxygens (including phenoxy) is 6. The fourth-order valence-corrected chi connectivity index (χ4v) is 20.6. The molecular weight excluding hydrogens is 1930 g/mol. The summed E-state index contributed by atoms with van der Waals surface area (Å²) in [7, 11) is -33.3. The normalized spacial score (nSPS) is 28.4. The summed E-state index contributed by atoms with van der Waals surface area (Å²) in [4.78, 5) is 246. The van der Waals surface area contributed by atoms with Crippen molar-refractivity contribution in [1.29, 1.82) is 0 Å². The van der Waals surface area contributed by atoms with Gasteiger partial charge < -0.3 is 79.0 Å². The number of H-pyrrole nitrogens is 6. The van der Waals surface area contributed by atoms with Crippen molar-refractivity contribution in [3.8, 4) is 0 Å². The summed E-state index contributed by atoms with van der Waals surface area (Å²) < 4.78 is 191. The molecule has 6 aromatic rings. The zero-order chi connectivity index (χ0) is 97.8. The number of rotatable bonds is 44. The van der Waals surface area contributed by atoms with E-state index >= 15 is 0 Å². The number of hydrogen-bond donors (Lipinski definition) is 16. The highest BCUT2D eigenvalue weighted by atomic mass is 31.2. The van der Waals surface area contributed by atoms with Gasteiger partial charge in [-0.1, -0.05) is 12.8 Å². The Morgan fingerprint density at radius 2 is 0.552 bits per heavy atom. The maximum Gasteiger partial charge on any atom is 0.472 e. The van der Waals surface area contributed by atoms with Crippen LogP contribution in [0.15, 0.2) is 94.7 Å². The van der Waals surface area contributed by atoms with Crippen LogP contribution < -0.4 is 78.5 Å². The van der Waals surface area contributed by atoms with Gasteiger partial charge in [-0.25, -0.2) is 56.2 Å². The first kappa shape index (κ1) is 105. The van der Waals surface area contributed by atoms with Crippen LogP contribution in [-0.2, 0) is 115 Å². The van der Waals surface area contributed by atoms with Crippen molar-refractivity contribution in [2.24, 2.45) is 5.73 Å². The number of aryl methyl sites for hydroxylation is 6. The molecule has 0 radical (unpaired) electrons. The van der Waals surface area contributed by atoms with E-state index in [9.17, 15) is 124 Å². The number of nitrogens with one attached hydrogen (secondary N) is 7. The Balaban J connectivity index is 0.733. The van der Waals surface area contributed by atoms with Gasteiger partial charge in [0.05, 0.1) is 52.9 Å². The van der Waals surface area contributed by atoms with Crippen LogP contribution in [0.2, 0.25) is 0 Å². The Labute approximate surface area is 750 Å². The number of carbonyl (C=O) groups is 1. The number of amides is 1. The van der Waals surface area contributed by atoms with Crippen LogP contribution in [0.25, 0.3) is 0 Å².